The van der Waals surface area contributed by atoms with Crippen LogP contribution in [0.2, 0.25) is 5.15 Å². The second-order valence-corrected chi connectivity index (χ2v) is 8.87. The summed E-state index contributed by atoms with van der Waals surface area (Å²) < 4.78 is 79.0. The number of alkyl halides is 6. The lowest BCUT2D eigenvalue weighted by Gasteiger charge is -2.13. The van der Waals surface area contributed by atoms with Crippen LogP contribution in [-0.4, -0.2) is 25.1 Å². The SMILES string of the molecule is Cc1ccccc1CNc1nc(Cl)cc(Sc2n[nH]c(-c3cc(C(F)(F)F)cc(C(F)(F)F)c3)n2)n1. The van der Waals surface area contributed by atoms with Crippen molar-refractivity contribution in [1.82, 2.24) is 25.1 Å². The first kappa shape index (κ1) is 25.8. The number of H-pyrrole nitrogens is 1. The molecule has 4 aromatic rings. The fourth-order valence-electron chi connectivity index (χ4n) is 3.12. The van der Waals surface area contributed by atoms with Gasteiger partial charge >= 0.3 is 12.4 Å². The standard InChI is InChI=1S/C22H15ClF6N6S/c1-11-4-2-3-5-12(11)10-30-19-31-16(23)9-17(32-19)36-20-33-18(34-35-20)13-6-14(21(24,25)26)8-15(7-13)22(27,28)29/h2-9H,10H2,1H3,(H,30,31,32)(H,33,34,35). The molecule has 0 amide bonds. The van der Waals surface area contributed by atoms with E-state index in [1.165, 1.54) is 6.07 Å². The predicted molar refractivity (Wildman–Crippen MR) is 121 cm³/mol. The number of anilines is 1. The molecule has 14 heteroatoms. The summed E-state index contributed by atoms with van der Waals surface area (Å²) in [5.74, 6) is -0.0520. The molecule has 0 atom stereocenters. The molecule has 2 N–H and O–H groups in total. The number of hydrogen-bond donors (Lipinski definition) is 2. The Labute approximate surface area is 209 Å². The zero-order chi connectivity index (χ0) is 26.1. The van der Waals surface area contributed by atoms with E-state index in [2.05, 4.69) is 30.5 Å². The molecule has 0 radical (unpaired) electrons. The summed E-state index contributed by atoms with van der Waals surface area (Å²) in [4.78, 5) is 12.4. The highest BCUT2D eigenvalue weighted by Crippen LogP contribution is 2.38. The average Bonchev–Trinajstić information content (AvgIpc) is 3.25. The molecule has 0 aliphatic carbocycles. The lowest BCUT2D eigenvalue weighted by atomic mass is 10.0. The number of rotatable bonds is 6. The second kappa shape index (κ2) is 9.97. The van der Waals surface area contributed by atoms with Crippen molar-refractivity contribution in [1.29, 1.82) is 0 Å². The van der Waals surface area contributed by atoms with Crippen LogP contribution in [0.4, 0.5) is 32.3 Å². The Morgan fingerprint density at radius 3 is 2.22 bits per heavy atom. The van der Waals surface area contributed by atoms with Crippen molar-refractivity contribution in [3.8, 4) is 11.4 Å². The third kappa shape index (κ3) is 6.26. The minimum Gasteiger partial charge on any atom is -0.350 e. The number of aromatic nitrogens is 5. The van der Waals surface area contributed by atoms with Crippen LogP contribution in [-0.2, 0) is 18.9 Å². The van der Waals surface area contributed by atoms with Crippen molar-refractivity contribution < 1.29 is 26.3 Å². The topological polar surface area (TPSA) is 79.4 Å². The molecule has 0 bridgehead atoms. The van der Waals surface area contributed by atoms with Crippen LogP contribution in [0.3, 0.4) is 0 Å². The molecule has 36 heavy (non-hydrogen) atoms. The summed E-state index contributed by atoms with van der Waals surface area (Å²) in [6.07, 6.45) is -9.96. The first-order valence-corrected chi connectivity index (χ1v) is 11.3. The molecule has 0 saturated carbocycles. The first-order chi connectivity index (χ1) is 16.9. The van der Waals surface area contributed by atoms with Crippen molar-refractivity contribution in [3.63, 3.8) is 0 Å². The molecule has 188 valence electrons. The van der Waals surface area contributed by atoms with Gasteiger partial charge in [0, 0.05) is 18.2 Å². The highest BCUT2D eigenvalue weighted by molar-refractivity contribution is 7.99. The third-order valence-electron chi connectivity index (χ3n) is 4.89. The molecule has 0 saturated heterocycles. The summed E-state index contributed by atoms with van der Waals surface area (Å²) >= 11 is 6.99. The van der Waals surface area contributed by atoms with Crippen LogP contribution in [0, 0.1) is 6.92 Å². The van der Waals surface area contributed by atoms with Crippen LogP contribution in [0.5, 0.6) is 0 Å². The van der Waals surface area contributed by atoms with Crippen LogP contribution in [0.1, 0.15) is 22.3 Å². The Morgan fingerprint density at radius 2 is 1.58 bits per heavy atom. The van der Waals surface area contributed by atoms with Gasteiger partial charge in [0.15, 0.2) is 5.82 Å². The molecule has 2 aromatic carbocycles. The van der Waals surface area contributed by atoms with Crippen LogP contribution < -0.4 is 5.32 Å². The molecular formula is C22H15ClF6N6S. The van der Waals surface area contributed by atoms with Gasteiger partial charge in [-0.25, -0.2) is 15.0 Å². The number of nitrogens with zero attached hydrogens (tertiary/aromatic N) is 4. The smallest absolute Gasteiger partial charge is 0.350 e. The normalized spacial score (nSPS) is 12.1. The molecular weight excluding hydrogens is 530 g/mol. The Hall–Kier alpha value is -3.32. The fraction of sp³-hybridized carbons (Fsp3) is 0.182. The van der Waals surface area contributed by atoms with Gasteiger partial charge in [-0.2, -0.15) is 26.3 Å². The first-order valence-electron chi connectivity index (χ1n) is 10.1. The van der Waals surface area contributed by atoms with E-state index < -0.39 is 29.0 Å². The highest BCUT2D eigenvalue weighted by atomic mass is 35.5. The zero-order valence-corrected chi connectivity index (χ0v) is 19.7. The Bertz CT molecular complexity index is 1360. The van der Waals surface area contributed by atoms with E-state index in [1.807, 2.05) is 31.2 Å². The highest BCUT2D eigenvalue weighted by Gasteiger charge is 2.37. The van der Waals surface area contributed by atoms with Crippen molar-refractivity contribution in [2.45, 2.75) is 36.0 Å². The van der Waals surface area contributed by atoms with Gasteiger partial charge in [0.2, 0.25) is 11.1 Å². The van der Waals surface area contributed by atoms with E-state index in [-0.39, 0.29) is 28.1 Å². The lowest BCUT2D eigenvalue weighted by molar-refractivity contribution is -0.143. The van der Waals surface area contributed by atoms with Gasteiger partial charge in [-0.3, -0.25) is 5.10 Å². The molecule has 6 nitrogen and oxygen atoms in total. The van der Waals surface area contributed by atoms with E-state index in [1.54, 1.807) is 0 Å². The Kier molecular flexibility index (Phi) is 7.14. The molecule has 4 rings (SSSR count). The monoisotopic (exact) mass is 544 g/mol. The Balaban J connectivity index is 1.56. The summed E-state index contributed by atoms with van der Waals surface area (Å²) in [5, 5.41) is 9.75. The Morgan fingerprint density at radius 1 is 0.917 bits per heavy atom. The van der Waals surface area contributed by atoms with Crippen molar-refractivity contribution in [3.05, 3.63) is 75.9 Å². The maximum absolute atomic E-state index is 13.2. The minimum atomic E-state index is -4.98. The maximum atomic E-state index is 13.2. The van der Waals surface area contributed by atoms with Crippen molar-refractivity contribution >= 4 is 29.3 Å². The van der Waals surface area contributed by atoms with Gasteiger partial charge in [0.1, 0.15) is 10.2 Å². The number of hydrogen-bond acceptors (Lipinski definition) is 6. The van der Waals surface area contributed by atoms with Gasteiger partial charge in [-0.05, 0) is 48.0 Å². The van der Waals surface area contributed by atoms with Crippen LogP contribution in [0.25, 0.3) is 11.4 Å². The van der Waals surface area contributed by atoms with E-state index in [0.717, 1.165) is 22.9 Å². The van der Waals surface area contributed by atoms with E-state index in [0.29, 0.717) is 23.7 Å². The summed E-state index contributed by atoms with van der Waals surface area (Å²) in [5.41, 5.74) is -1.24. The number of aromatic amines is 1. The molecule has 0 aliphatic rings. The molecule has 0 aliphatic heterocycles. The minimum absolute atomic E-state index is 0.00981. The molecule has 2 heterocycles. The summed E-state index contributed by atoms with van der Waals surface area (Å²) in [6.45, 7) is 2.39. The largest absolute Gasteiger partial charge is 0.416 e. The predicted octanol–water partition coefficient (Wildman–Crippen LogP) is 7.02. The van der Waals surface area contributed by atoms with Gasteiger partial charge < -0.3 is 5.32 Å². The number of halogens is 7. The third-order valence-corrected chi connectivity index (χ3v) is 5.87. The van der Waals surface area contributed by atoms with Gasteiger partial charge in [-0.1, -0.05) is 35.9 Å². The average molecular weight is 545 g/mol. The van der Waals surface area contributed by atoms with Crippen LogP contribution in [0.15, 0.2) is 58.7 Å². The molecule has 2 aromatic heterocycles. The van der Waals surface area contributed by atoms with E-state index in [4.69, 9.17) is 11.6 Å². The quantitative estimate of drug-likeness (QED) is 0.200. The van der Waals surface area contributed by atoms with Crippen molar-refractivity contribution in [2.24, 2.45) is 0 Å². The number of aryl methyl sites for hydroxylation is 1. The van der Waals surface area contributed by atoms with E-state index >= 15 is 0 Å². The molecule has 0 unspecified atom stereocenters. The number of benzene rings is 2. The second-order valence-electron chi connectivity index (χ2n) is 7.50. The lowest BCUT2D eigenvalue weighted by Crippen LogP contribution is -2.11. The maximum Gasteiger partial charge on any atom is 0.416 e. The van der Waals surface area contributed by atoms with E-state index in [9.17, 15) is 26.3 Å². The molecule has 0 fully saturated rings. The van der Waals surface area contributed by atoms with Crippen LogP contribution >= 0.6 is 23.4 Å². The summed E-state index contributed by atoms with van der Waals surface area (Å²) in [6, 6.07) is 10.3. The van der Waals surface area contributed by atoms with Gasteiger partial charge in [0.25, 0.3) is 0 Å². The zero-order valence-electron chi connectivity index (χ0n) is 18.2. The summed E-state index contributed by atoms with van der Waals surface area (Å²) in [7, 11) is 0. The number of nitrogens with one attached hydrogen (secondary N) is 2. The fourth-order valence-corrected chi connectivity index (χ4v) is 4.08. The van der Waals surface area contributed by atoms with Crippen molar-refractivity contribution in [2.75, 3.05) is 5.32 Å². The van der Waals surface area contributed by atoms with Gasteiger partial charge in [0.05, 0.1) is 11.1 Å². The molecule has 0 spiro atoms. The van der Waals surface area contributed by atoms with Gasteiger partial charge in [-0.15, -0.1) is 5.10 Å².